The fourth-order valence-electron chi connectivity index (χ4n) is 3.84. The zero-order chi connectivity index (χ0) is 26.5. The average Bonchev–Trinajstić information content (AvgIpc) is 3.33. The van der Waals surface area contributed by atoms with Gasteiger partial charge in [-0.15, -0.1) is 10.2 Å². The normalized spacial score (nSPS) is 11.7. The van der Waals surface area contributed by atoms with Crippen molar-refractivity contribution in [2.75, 3.05) is 14.2 Å². The minimum Gasteiger partial charge on any atom is -0.496 e. The highest BCUT2D eigenvalue weighted by molar-refractivity contribution is 7.98. The quantitative estimate of drug-likeness (QED) is 0.256. The number of ether oxygens (including phenoxy) is 2. The molecule has 1 unspecified atom stereocenters. The van der Waals surface area contributed by atoms with Gasteiger partial charge in [-0.2, -0.15) is 0 Å². The first-order chi connectivity index (χ1) is 17.8. The monoisotopic (exact) mass is 540 g/mol. The van der Waals surface area contributed by atoms with E-state index in [-0.39, 0.29) is 17.3 Å². The number of hydrogen-bond donors (Lipinski definition) is 1. The summed E-state index contributed by atoms with van der Waals surface area (Å²) in [5.74, 6) is 1.20. The summed E-state index contributed by atoms with van der Waals surface area (Å²) >= 11 is 7.80. The largest absolute Gasteiger partial charge is 0.496 e. The number of carbonyl (C=O) groups is 1. The molecule has 0 bridgehead atoms. The first-order valence-corrected chi connectivity index (χ1v) is 12.8. The first-order valence-electron chi connectivity index (χ1n) is 11.4. The number of nitrogens with one attached hydrogen (secondary N) is 1. The minimum atomic E-state index is -0.534. The van der Waals surface area contributed by atoms with Gasteiger partial charge in [0.1, 0.15) is 22.9 Å². The fraction of sp³-hybridized carbons (Fsp3) is 0.222. The maximum absolute atomic E-state index is 13.3. The highest BCUT2D eigenvalue weighted by Gasteiger charge is 2.25. The van der Waals surface area contributed by atoms with Crippen LogP contribution in [0.25, 0.3) is 5.69 Å². The molecule has 0 aliphatic heterocycles. The van der Waals surface area contributed by atoms with E-state index in [0.29, 0.717) is 33.3 Å². The molecule has 0 saturated carbocycles. The smallest absolute Gasteiger partial charge is 0.259 e. The Balaban J connectivity index is 1.69. The van der Waals surface area contributed by atoms with Gasteiger partial charge in [0.15, 0.2) is 11.0 Å². The number of nitrogens with zero attached hydrogens (tertiary/aromatic N) is 3. The van der Waals surface area contributed by atoms with Gasteiger partial charge in [0, 0.05) is 10.8 Å². The molecule has 0 saturated heterocycles. The maximum Gasteiger partial charge on any atom is 0.259 e. The van der Waals surface area contributed by atoms with E-state index in [4.69, 9.17) is 21.1 Å². The second-order valence-electron chi connectivity index (χ2n) is 8.25. The number of methoxy groups -OCH3 is 2. The zero-order valence-corrected chi connectivity index (χ0v) is 22.4. The van der Waals surface area contributed by atoms with Gasteiger partial charge in [0.25, 0.3) is 5.91 Å². The third kappa shape index (κ3) is 5.89. The SMILES string of the molecule is COc1cccc(OC)c1C(=O)NC(C)c1nnc(SCc2ccc(F)cc2)n1-c1cc(Cl)ccc1C. The topological polar surface area (TPSA) is 78.3 Å². The molecule has 192 valence electrons. The van der Waals surface area contributed by atoms with Crippen LogP contribution >= 0.6 is 23.4 Å². The molecular formula is C27H26ClFN4O3S. The van der Waals surface area contributed by atoms with Crippen LogP contribution in [-0.2, 0) is 5.75 Å². The average molecular weight is 541 g/mol. The van der Waals surface area contributed by atoms with E-state index >= 15 is 0 Å². The molecule has 37 heavy (non-hydrogen) atoms. The number of carbonyl (C=O) groups excluding carboxylic acids is 1. The molecule has 0 radical (unpaired) electrons. The van der Waals surface area contributed by atoms with Crippen LogP contribution in [0.1, 0.15) is 40.3 Å². The van der Waals surface area contributed by atoms with Crippen molar-refractivity contribution in [2.24, 2.45) is 0 Å². The summed E-state index contributed by atoms with van der Waals surface area (Å²) in [6.45, 7) is 3.79. The summed E-state index contributed by atoms with van der Waals surface area (Å²) in [7, 11) is 3.00. The molecule has 10 heteroatoms. The standard InChI is InChI=1S/C27H26ClFN4O3S/c1-16-8-11-19(28)14-21(16)33-25(31-32-27(33)37-15-18-9-12-20(29)13-10-18)17(2)30-26(34)24-22(35-3)6-5-7-23(24)36-4/h5-14,17H,15H2,1-4H3,(H,30,34). The Labute approximate surface area is 224 Å². The number of amides is 1. The summed E-state index contributed by atoms with van der Waals surface area (Å²) in [5.41, 5.74) is 2.98. The molecule has 4 rings (SSSR count). The number of thioether (sulfide) groups is 1. The van der Waals surface area contributed by atoms with Crippen molar-refractivity contribution in [3.05, 3.63) is 94.0 Å². The highest BCUT2D eigenvalue weighted by atomic mass is 35.5. The van der Waals surface area contributed by atoms with Crippen molar-refractivity contribution in [1.29, 1.82) is 0 Å². The lowest BCUT2D eigenvalue weighted by Gasteiger charge is -2.19. The second kappa shape index (κ2) is 11.7. The lowest BCUT2D eigenvalue weighted by Crippen LogP contribution is -2.29. The molecular weight excluding hydrogens is 515 g/mol. The van der Waals surface area contributed by atoms with E-state index in [2.05, 4.69) is 15.5 Å². The third-order valence-electron chi connectivity index (χ3n) is 5.74. The van der Waals surface area contributed by atoms with E-state index < -0.39 is 6.04 Å². The Bertz CT molecular complexity index is 1390. The van der Waals surface area contributed by atoms with Crippen molar-refractivity contribution in [1.82, 2.24) is 20.1 Å². The minimum absolute atomic E-state index is 0.287. The van der Waals surface area contributed by atoms with Gasteiger partial charge in [0.05, 0.1) is 25.9 Å². The van der Waals surface area contributed by atoms with Crippen LogP contribution in [-0.4, -0.2) is 34.9 Å². The van der Waals surface area contributed by atoms with Crippen molar-refractivity contribution in [3.63, 3.8) is 0 Å². The lowest BCUT2D eigenvalue weighted by molar-refractivity contribution is 0.0931. The van der Waals surface area contributed by atoms with Gasteiger partial charge in [-0.1, -0.05) is 47.6 Å². The summed E-state index contributed by atoms with van der Waals surface area (Å²) in [4.78, 5) is 13.3. The Kier molecular flexibility index (Phi) is 8.35. The fourth-order valence-corrected chi connectivity index (χ4v) is 4.92. The Hall–Kier alpha value is -3.56. The molecule has 0 aliphatic carbocycles. The lowest BCUT2D eigenvalue weighted by atomic mass is 10.1. The summed E-state index contributed by atoms with van der Waals surface area (Å²) in [6, 6.07) is 16.5. The van der Waals surface area contributed by atoms with Crippen molar-refractivity contribution >= 4 is 29.3 Å². The molecule has 0 spiro atoms. The Morgan fingerprint density at radius 2 is 1.76 bits per heavy atom. The van der Waals surface area contributed by atoms with Gasteiger partial charge in [-0.3, -0.25) is 9.36 Å². The number of aromatic nitrogens is 3. The van der Waals surface area contributed by atoms with Crippen LogP contribution in [0.3, 0.4) is 0 Å². The summed E-state index contributed by atoms with van der Waals surface area (Å²) < 4.78 is 26.0. The highest BCUT2D eigenvalue weighted by Crippen LogP contribution is 2.32. The Morgan fingerprint density at radius 1 is 1.08 bits per heavy atom. The molecule has 4 aromatic rings. The van der Waals surface area contributed by atoms with E-state index in [9.17, 15) is 9.18 Å². The molecule has 0 fully saturated rings. The molecule has 1 heterocycles. The van der Waals surface area contributed by atoms with E-state index in [1.807, 2.05) is 36.6 Å². The number of rotatable bonds is 9. The second-order valence-corrected chi connectivity index (χ2v) is 9.63. The molecule has 7 nitrogen and oxygen atoms in total. The molecule has 0 aliphatic rings. The molecule has 1 atom stereocenters. The molecule has 1 N–H and O–H groups in total. The van der Waals surface area contributed by atoms with Gasteiger partial charge < -0.3 is 14.8 Å². The zero-order valence-electron chi connectivity index (χ0n) is 20.8. The van der Waals surface area contributed by atoms with E-state index in [0.717, 1.165) is 16.8 Å². The third-order valence-corrected chi connectivity index (χ3v) is 6.98. The predicted octanol–water partition coefficient (Wildman–Crippen LogP) is 6.17. The van der Waals surface area contributed by atoms with Gasteiger partial charge in [-0.05, 0) is 61.4 Å². The number of aryl methyl sites for hydroxylation is 1. The molecule has 1 amide bonds. The van der Waals surface area contributed by atoms with Crippen molar-refractivity contribution < 1.29 is 18.7 Å². The summed E-state index contributed by atoms with van der Waals surface area (Å²) in [5, 5.41) is 13.0. The van der Waals surface area contributed by atoms with Crippen molar-refractivity contribution in [3.8, 4) is 17.2 Å². The Morgan fingerprint density at radius 3 is 2.41 bits per heavy atom. The van der Waals surface area contributed by atoms with Gasteiger partial charge in [0.2, 0.25) is 0 Å². The van der Waals surface area contributed by atoms with Gasteiger partial charge >= 0.3 is 0 Å². The number of benzene rings is 3. The van der Waals surface area contributed by atoms with Crippen LogP contribution in [0.15, 0.2) is 65.8 Å². The number of halogens is 2. The van der Waals surface area contributed by atoms with Crippen molar-refractivity contribution in [2.45, 2.75) is 30.8 Å². The molecule has 3 aromatic carbocycles. The van der Waals surface area contributed by atoms with E-state index in [1.165, 1.54) is 38.1 Å². The number of hydrogen-bond acceptors (Lipinski definition) is 6. The van der Waals surface area contributed by atoms with Crippen LogP contribution in [0.4, 0.5) is 4.39 Å². The van der Waals surface area contributed by atoms with Crippen LogP contribution in [0.2, 0.25) is 5.02 Å². The van der Waals surface area contributed by atoms with Gasteiger partial charge in [-0.25, -0.2) is 4.39 Å². The van der Waals surface area contributed by atoms with E-state index in [1.54, 1.807) is 30.3 Å². The van der Waals surface area contributed by atoms with Crippen LogP contribution < -0.4 is 14.8 Å². The molecule has 1 aromatic heterocycles. The first kappa shape index (κ1) is 26.5. The van der Waals surface area contributed by atoms with Crippen LogP contribution in [0.5, 0.6) is 11.5 Å². The van der Waals surface area contributed by atoms with Crippen LogP contribution in [0, 0.1) is 12.7 Å². The predicted molar refractivity (Wildman–Crippen MR) is 142 cm³/mol. The maximum atomic E-state index is 13.3. The summed E-state index contributed by atoms with van der Waals surface area (Å²) in [6.07, 6.45) is 0.